The first-order chi connectivity index (χ1) is 9.08. The topological polar surface area (TPSA) is 70.1 Å². The van der Waals surface area contributed by atoms with Crippen LogP contribution >= 0.6 is 0 Å². The molecule has 6 heteroatoms. The van der Waals surface area contributed by atoms with Gasteiger partial charge in [0.1, 0.15) is 6.54 Å². The number of hydrogen-bond acceptors (Lipinski definition) is 3. The Morgan fingerprint density at radius 2 is 1.95 bits per heavy atom. The highest BCUT2D eigenvalue weighted by atomic mass is 16.5. The van der Waals surface area contributed by atoms with Gasteiger partial charge in [0, 0.05) is 26.2 Å². The predicted octanol–water partition coefficient (Wildman–Crippen LogP) is 1.40. The van der Waals surface area contributed by atoms with Gasteiger partial charge in [-0.05, 0) is 26.2 Å². The van der Waals surface area contributed by atoms with Crippen LogP contribution in [-0.2, 0) is 9.53 Å². The molecule has 1 N–H and O–H groups in total. The second kappa shape index (κ2) is 7.99. The number of aliphatic carboxylic acids is 1. The van der Waals surface area contributed by atoms with E-state index in [0.717, 1.165) is 19.3 Å². The van der Waals surface area contributed by atoms with Crippen LogP contribution in [0.1, 0.15) is 33.1 Å². The zero-order valence-electron chi connectivity index (χ0n) is 11.8. The quantitative estimate of drug-likeness (QED) is 0.793. The maximum absolute atomic E-state index is 12.2. The van der Waals surface area contributed by atoms with Crippen LogP contribution in [0.15, 0.2) is 0 Å². The summed E-state index contributed by atoms with van der Waals surface area (Å²) in [4.78, 5) is 26.1. The largest absolute Gasteiger partial charge is 0.480 e. The van der Waals surface area contributed by atoms with E-state index in [1.54, 1.807) is 4.90 Å². The third-order valence-electron chi connectivity index (χ3n) is 3.21. The number of carbonyl (C=O) groups excluding carboxylic acids is 1. The van der Waals surface area contributed by atoms with Crippen LogP contribution < -0.4 is 0 Å². The van der Waals surface area contributed by atoms with Crippen molar-refractivity contribution < 1.29 is 19.4 Å². The second-order valence-corrected chi connectivity index (χ2v) is 4.74. The normalized spacial score (nSPS) is 16.4. The van der Waals surface area contributed by atoms with E-state index in [9.17, 15) is 9.59 Å². The minimum absolute atomic E-state index is 0.167. The van der Waals surface area contributed by atoms with Gasteiger partial charge in [-0.3, -0.25) is 4.79 Å². The third kappa shape index (κ3) is 5.06. The Balaban J connectivity index is 2.49. The first-order valence-corrected chi connectivity index (χ1v) is 6.95. The molecule has 1 saturated heterocycles. The molecule has 0 aliphatic carbocycles. The van der Waals surface area contributed by atoms with Crippen molar-refractivity contribution in [1.82, 2.24) is 9.80 Å². The Morgan fingerprint density at radius 3 is 2.42 bits per heavy atom. The molecule has 1 heterocycles. The van der Waals surface area contributed by atoms with Crippen LogP contribution in [0.2, 0.25) is 0 Å². The molecule has 1 aliphatic heterocycles. The molecule has 0 aromatic carbocycles. The molecule has 0 atom stereocenters. The molecule has 0 radical (unpaired) electrons. The molecular weight excluding hydrogens is 248 g/mol. The van der Waals surface area contributed by atoms with E-state index < -0.39 is 5.97 Å². The number of piperidine rings is 1. The maximum atomic E-state index is 12.2. The van der Waals surface area contributed by atoms with Crippen LogP contribution in [0.25, 0.3) is 0 Å². The first-order valence-electron chi connectivity index (χ1n) is 6.95. The number of rotatable bonds is 6. The fraction of sp³-hybridized carbons (Fsp3) is 0.846. The van der Waals surface area contributed by atoms with E-state index in [4.69, 9.17) is 9.84 Å². The summed E-state index contributed by atoms with van der Waals surface area (Å²) in [5.74, 6) is -0.967. The molecule has 6 nitrogen and oxygen atoms in total. The lowest BCUT2D eigenvalue weighted by Crippen LogP contribution is -2.49. The van der Waals surface area contributed by atoms with Gasteiger partial charge < -0.3 is 19.6 Å². The molecule has 0 saturated carbocycles. The molecule has 0 unspecified atom stereocenters. The minimum Gasteiger partial charge on any atom is -0.480 e. The van der Waals surface area contributed by atoms with Crippen molar-refractivity contribution >= 4 is 12.0 Å². The van der Waals surface area contributed by atoms with Gasteiger partial charge in [0.15, 0.2) is 0 Å². The molecule has 1 rings (SSSR count). The minimum atomic E-state index is -0.967. The van der Waals surface area contributed by atoms with E-state index in [0.29, 0.717) is 26.2 Å². The lowest BCUT2D eigenvalue weighted by molar-refractivity contribution is -0.137. The number of nitrogens with zero attached hydrogens (tertiary/aromatic N) is 2. The van der Waals surface area contributed by atoms with Crippen LogP contribution in [0.5, 0.6) is 0 Å². The van der Waals surface area contributed by atoms with Gasteiger partial charge in [0.05, 0.1) is 6.10 Å². The summed E-state index contributed by atoms with van der Waals surface area (Å²) in [6, 6.07) is -0.167. The fourth-order valence-electron chi connectivity index (χ4n) is 2.32. The predicted molar refractivity (Wildman–Crippen MR) is 71.1 cm³/mol. The lowest BCUT2D eigenvalue weighted by atomic mass is 10.1. The highest BCUT2D eigenvalue weighted by Gasteiger charge is 2.27. The maximum Gasteiger partial charge on any atom is 0.323 e. The Hall–Kier alpha value is -1.30. The molecule has 19 heavy (non-hydrogen) atoms. The van der Waals surface area contributed by atoms with Crippen molar-refractivity contribution in [3.8, 4) is 0 Å². The van der Waals surface area contributed by atoms with Gasteiger partial charge in [-0.15, -0.1) is 0 Å². The highest BCUT2D eigenvalue weighted by Crippen LogP contribution is 2.15. The zero-order valence-corrected chi connectivity index (χ0v) is 11.8. The van der Waals surface area contributed by atoms with Crippen molar-refractivity contribution in [2.75, 3.05) is 32.8 Å². The molecule has 2 amide bonds. The molecule has 0 spiro atoms. The number of amides is 2. The SMILES string of the molecule is CCCN(CC(=O)O)C(=O)N1CCC(OCC)CC1. The van der Waals surface area contributed by atoms with Crippen molar-refractivity contribution in [2.45, 2.75) is 39.2 Å². The van der Waals surface area contributed by atoms with Crippen LogP contribution in [0, 0.1) is 0 Å². The molecule has 110 valence electrons. The number of likely N-dealkylation sites (tertiary alicyclic amines) is 1. The summed E-state index contributed by atoms with van der Waals surface area (Å²) in [5.41, 5.74) is 0. The summed E-state index contributed by atoms with van der Waals surface area (Å²) in [6.45, 7) is 6.14. The van der Waals surface area contributed by atoms with E-state index in [1.165, 1.54) is 4.90 Å². The van der Waals surface area contributed by atoms with Gasteiger partial charge >= 0.3 is 12.0 Å². The van der Waals surface area contributed by atoms with Crippen molar-refractivity contribution in [3.63, 3.8) is 0 Å². The van der Waals surface area contributed by atoms with E-state index in [2.05, 4.69) is 0 Å². The standard InChI is InChI=1S/C13H24N2O4/c1-3-7-15(10-12(16)17)13(18)14-8-5-11(6-9-14)19-4-2/h11H,3-10H2,1-2H3,(H,16,17). The zero-order chi connectivity index (χ0) is 14.3. The van der Waals surface area contributed by atoms with Crippen LogP contribution in [0.4, 0.5) is 4.79 Å². The summed E-state index contributed by atoms with van der Waals surface area (Å²) >= 11 is 0. The Labute approximate surface area is 114 Å². The molecule has 0 bridgehead atoms. The van der Waals surface area contributed by atoms with Gasteiger partial charge in [-0.25, -0.2) is 4.79 Å². The summed E-state index contributed by atoms with van der Waals surface area (Å²) in [5, 5.41) is 8.84. The Morgan fingerprint density at radius 1 is 1.32 bits per heavy atom. The Bertz CT molecular complexity index is 301. The molecule has 0 aromatic heterocycles. The molecule has 0 aromatic rings. The number of carbonyl (C=O) groups is 2. The molecular formula is C13H24N2O4. The van der Waals surface area contributed by atoms with E-state index in [-0.39, 0.29) is 18.7 Å². The van der Waals surface area contributed by atoms with E-state index >= 15 is 0 Å². The average Bonchev–Trinajstić information content (AvgIpc) is 2.38. The second-order valence-electron chi connectivity index (χ2n) is 4.74. The molecule has 1 fully saturated rings. The van der Waals surface area contributed by atoms with Crippen molar-refractivity contribution in [3.05, 3.63) is 0 Å². The summed E-state index contributed by atoms with van der Waals surface area (Å²) in [7, 11) is 0. The molecule has 1 aliphatic rings. The highest BCUT2D eigenvalue weighted by molar-refractivity contribution is 5.80. The summed E-state index contributed by atoms with van der Waals surface area (Å²) < 4.78 is 5.54. The van der Waals surface area contributed by atoms with Gasteiger partial charge in [0.2, 0.25) is 0 Å². The van der Waals surface area contributed by atoms with Gasteiger partial charge in [-0.2, -0.15) is 0 Å². The van der Waals surface area contributed by atoms with Crippen LogP contribution in [-0.4, -0.2) is 65.8 Å². The van der Waals surface area contributed by atoms with Gasteiger partial charge in [0.25, 0.3) is 0 Å². The van der Waals surface area contributed by atoms with Crippen molar-refractivity contribution in [1.29, 1.82) is 0 Å². The van der Waals surface area contributed by atoms with E-state index in [1.807, 2.05) is 13.8 Å². The Kier molecular flexibility index (Phi) is 6.62. The number of ether oxygens (including phenoxy) is 1. The van der Waals surface area contributed by atoms with Crippen molar-refractivity contribution in [2.24, 2.45) is 0 Å². The number of carboxylic acids is 1. The monoisotopic (exact) mass is 272 g/mol. The number of urea groups is 1. The fourth-order valence-corrected chi connectivity index (χ4v) is 2.32. The first kappa shape index (κ1) is 15.8. The summed E-state index contributed by atoms with van der Waals surface area (Å²) in [6.07, 6.45) is 2.64. The lowest BCUT2D eigenvalue weighted by Gasteiger charge is -2.35. The average molecular weight is 272 g/mol. The third-order valence-corrected chi connectivity index (χ3v) is 3.21. The van der Waals surface area contributed by atoms with Gasteiger partial charge in [-0.1, -0.05) is 6.92 Å². The van der Waals surface area contributed by atoms with Crippen LogP contribution in [0.3, 0.4) is 0 Å². The number of hydrogen-bond donors (Lipinski definition) is 1. The smallest absolute Gasteiger partial charge is 0.323 e. The number of carboxylic acid groups (broad SMARTS) is 1.